The summed E-state index contributed by atoms with van der Waals surface area (Å²) in [5.74, 6) is -0.351. The van der Waals surface area contributed by atoms with Gasteiger partial charge < -0.3 is 19.1 Å². The maximum atomic E-state index is 13.0. The average molecular weight is 529 g/mol. The summed E-state index contributed by atoms with van der Waals surface area (Å²) in [5.41, 5.74) is 0.983. The molecule has 1 aliphatic heterocycles. The van der Waals surface area contributed by atoms with Gasteiger partial charge in [0.25, 0.3) is 0 Å². The molecule has 38 heavy (non-hydrogen) atoms. The number of hydrogen-bond donors (Lipinski definition) is 0. The Morgan fingerprint density at radius 1 is 1.11 bits per heavy atom. The first-order valence-electron chi connectivity index (χ1n) is 14.0. The summed E-state index contributed by atoms with van der Waals surface area (Å²) in [6, 6.07) is 0. The Bertz CT molecular complexity index is 1130. The summed E-state index contributed by atoms with van der Waals surface area (Å²) < 4.78 is 10.9. The zero-order chi connectivity index (χ0) is 27.5. The molecule has 0 aromatic carbocycles. The summed E-state index contributed by atoms with van der Waals surface area (Å²) in [6.07, 6.45) is 8.60. The summed E-state index contributed by atoms with van der Waals surface area (Å²) in [7, 11) is 0. The molecule has 8 atom stereocenters. The molecule has 1 heterocycles. The third-order valence-electron chi connectivity index (χ3n) is 10.6. The van der Waals surface area contributed by atoms with E-state index in [1.54, 1.807) is 6.92 Å². The van der Waals surface area contributed by atoms with Gasteiger partial charge in [0, 0.05) is 25.7 Å². The maximum absolute atomic E-state index is 13.0. The smallest absolute Gasteiger partial charge is 0.356 e. The predicted molar refractivity (Wildman–Crippen MR) is 139 cm³/mol. The number of allylic oxidation sites excluding steroid dienone is 1. The molecular weight excluding hydrogens is 488 g/mol. The van der Waals surface area contributed by atoms with Gasteiger partial charge in [0.2, 0.25) is 0 Å². The van der Waals surface area contributed by atoms with Crippen molar-refractivity contribution in [3.05, 3.63) is 11.6 Å². The van der Waals surface area contributed by atoms with E-state index < -0.39 is 17.5 Å². The number of oxime groups is 2. The van der Waals surface area contributed by atoms with Crippen LogP contribution in [0.25, 0.3) is 0 Å². The van der Waals surface area contributed by atoms with E-state index in [4.69, 9.17) is 19.1 Å². The first-order chi connectivity index (χ1) is 18.0. The van der Waals surface area contributed by atoms with Crippen molar-refractivity contribution < 1.29 is 33.5 Å². The largest absolute Gasteiger partial charge is 0.462 e. The van der Waals surface area contributed by atoms with Gasteiger partial charge >= 0.3 is 17.9 Å². The normalized spacial score (nSPS) is 41.3. The van der Waals surface area contributed by atoms with Crippen molar-refractivity contribution in [3.8, 4) is 0 Å². The molecule has 9 heteroatoms. The number of rotatable bonds is 5. The molecule has 5 rings (SSSR count). The first kappa shape index (κ1) is 26.9. The van der Waals surface area contributed by atoms with E-state index in [1.807, 2.05) is 6.92 Å². The highest BCUT2D eigenvalue weighted by Gasteiger charge is 2.74. The zero-order valence-electron chi connectivity index (χ0n) is 23.4. The van der Waals surface area contributed by atoms with Crippen LogP contribution in [0.2, 0.25) is 0 Å². The molecule has 0 aromatic rings. The lowest BCUT2D eigenvalue weighted by Gasteiger charge is -2.58. The van der Waals surface area contributed by atoms with Gasteiger partial charge in [0.15, 0.2) is 11.3 Å². The van der Waals surface area contributed by atoms with Gasteiger partial charge in [-0.15, -0.1) is 0 Å². The molecule has 3 fully saturated rings. The number of carbonyl (C=O) groups excluding carboxylic acids is 3. The predicted octanol–water partition coefficient (Wildman–Crippen LogP) is 4.73. The molecule has 0 amide bonds. The molecule has 9 nitrogen and oxygen atoms in total. The van der Waals surface area contributed by atoms with Crippen LogP contribution < -0.4 is 0 Å². The highest BCUT2D eigenvalue weighted by molar-refractivity contribution is 6.38. The summed E-state index contributed by atoms with van der Waals surface area (Å²) in [5, 5.41) is 8.47. The Labute approximate surface area is 224 Å². The molecule has 0 radical (unpaired) electrons. The second-order valence-electron chi connectivity index (χ2n) is 12.3. The van der Waals surface area contributed by atoms with Crippen molar-refractivity contribution in [2.24, 2.45) is 44.8 Å². The van der Waals surface area contributed by atoms with E-state index in [1.165, 1.54) is 19.4 Å². The van der Waals surface area contributed by atoms with Crippen LogP contribution in [-0.4, -0.2) is 47.6 Å². The van der Waals surface area contributed by atoms with Crippen LogP contribution in [0.3, 0.4) is 0 Å². The molecule has 208 valence electrons. The van der Waals surface area contributed by atoms with Crippen LogP contribution in [0.4, 0.5) is 0 Å². The summed E-state index contributed by atoms with van der Waals surface area (Å²) in [6.45, 7) is 11.3. The molecule has 0 aromatic heterocycles. The molecule has 3 unspecified atom stereocenters. The number of carbonyl (C=O) groups is 3. The summed E-state index contributed by atoms with van der Waals surface area (Å²) >= 11 is 0. The molecule has 0 spiro atoms. The fourth-order valence-corrected chi connectivity index (χ4v) is 8.97. The third kappa shape index (κ3) is 3.82. The van der Waals surface area contributed by atoms with Crippen molar-refractivity contribution in [1.82, 2.24) is 0 Å². The van der Waals surface area contributed by atoms with Gasteiger partial charge in [-0.2, -0.15) is 0 Å². The van der Waals surface area contributed by atoms with Crippen LogP contribution in [0.1, 0.15) is 86.5 Å². The maximum Gasteiger partial charge on any atom is 0.356 e. The van der Waals surface area contributed by atoms with E-state index in [0.29, 0.717) is 23.3 Å². The highest BCUT2D eigenvalue weighted by atomic mass is 16.7. The molecule has 4 aliphatic carbocycles. The Morgan fingerprint density at radius 3 is 2.55 bits per heavy atom. The summed E-state index contributed by atoms with van der Waals surface area (Å²) in [4.78, 5) is 47.5. The lowest BCUT2D eigenvalue weighted by molar-refractivity contribution is -0.149. The third-order valence-corrected chi connectivity index (χ3v) is 10.6. The fraction of sp³-hybridized carbons (Fsp3) is 0.759. The second kappa shape index (κ2) is 9.49. The Kier molecular flexibility index (Phi) is 6.71. The number of ether oxygens (including phenoxy) is 2. The monoisotopic (exact) mass is 528 g/mol. The number of nitrogens with zero attached hydrogens (tertiary/aromatic N) is 2. The minimum Gasteiger partial charge on any atom is -0.462 e. The van der Waals surface area contributed by atoms with E-state index in [0.717, 1.165) is 44.9 Å². The van der Waals surface area contributed by atoms with Crippen LogP contribution in [-0.2, 0) is 33.5 Å². The van der Waals surface area contributed by atoms with E-state index >= 15 is 0 Å². The quantitative estimate of drug-likeness (QED) is 0.167. The Morgan fingerprint density at radius 2 is 1.87 bits per heavy atom. The van der Waals surface area contributed by atoms with Gasteiger partial charge in [-0.3, -0.25) is 4.79 Å². The SMILES string of the molecule is CCOC(=O)C1=NO[C@]2(/C(C)=N\OC(C)=O)[C@H]1CC1C3CC=C4C[C@@H](OC(C)=O)CC[C@]4(C)C3CC[C@@]12C. The molecule has 0 N–H and O–H groups in total. The minimum absolute atomic E-state index is 0.0387. The molecule has 3 saturated carbocycles. The Balaban J connectivity index is 1.50. The lowest BCUT2D eigenvalue weighted by atomic mass is 9.46. The van der Waals surface area contributed by atoms with Crippen molar-refractivity contribution in [1.29, 1.82) is 0 Å². The van der Waals surface area contributed by atoms with E-state index in [2.05, 4.69) is 30.2 Å². The molecular formula is C29H40N2O7. The minimum atomic E-state index is -0.974. The number of fused-ring (bicyclic) bond motifs is 7. The van der Waals surface area contributed by atoms with Crippen LogP contribution in [0.5, 0.6) is 0 Å². The van der Waals surface area contributed by atoms with Crippen LogP contribution >= 0.6 is 0 Å². The zero-order valence-corrected chi connectivity index (χ0v) is 23.4. The standard InChI is InChI=1S/C29H40N2O7/c1-7-35-26(34)25-24-15-23-21-9-8-19-14-20(36-17(3)32)10-12-27(19,5)22(21)11-13-28(23,6)29(24,38-31-25)16(2)30-37-18(4)33/h8,20-24H,7,9-15H2,1-6H3/b30-16-/t20-,21?,22?,23?,24-,27-,28-,29+/m0/s1. The van der Waals surface area contributed by atoms with E-state index in [9.17, 15) is 14.4 Å². The second-order valence-corrected chi connectivity index (χ2v) is 12.3. The molecule has 0 saturated heterocycles. The fourth-order valence-electron chi connectivity index (χ4n) is 8.97. The lowest BCUT2D eigenvalue weighted by Crippen LogP contribution is -2.59. The van der Waals surface area contributed by atoms with Gasteiger partial charge in [0.1, 0.15) is 11.8 Å². The number of hydrogen-bond acceptors (Lipinski definition) is 9. The van der Waals surface area contributed by atoms with Crippen LogP contribution in [0, 0.1) is 34.5 Å². The Hall–Kier alpha value is -2.71. The van der Waals surface area contributed by atoms with Gasteiger partial charge in [-0.05, 0) is 75.5 Å². The van der Waals surface area contributed by atoms with Gasteiger partial charge in [0.05, 0.1) is 12.5 Å². The van der Waals surface area contributed by atoms with Gasteiger partial charge in [-0.25, -0.2) is 9.59 Å². The van der Waals surface area contributed by atoms with Crippen LogP contribution in [0.15, 0.2) is 22.0 Å². The highest BCUT2D eigenvalue weighted by Crippen LogP contribution is 2.70. The molecule has 0 bridgehead atoms. The molecule has 5 aliphatic rings. The van der Waals surface area contributed by atoms with Crippen molar-refractivity contribution in [2.45, 2.75) is 98.2 Å². The van der Waals surface area contributed by atoms with Crippen molar-refractivity contribution in [3.63, 3.8) is 0 Å². The topological polar surface area (TPSA) is 113 Å². The van der Waals surface area contributed by atoms with E-state index in [-0.39, 0.29) is 41.3 Å². The first-order valence-corrected chi connectivity index (χ1v) is 14.0. The van der Waals surface area contributed by atoms with Gasteiger partial charge in [-0.1, -0.05) is 35.8 Å². The van der Waals surface area contributed by atoms with Crippen molar-refractivity contribution in [2.75, 3.05) is 6.61 Å². The average Bonchev–Trinajstić information content (AvgIpc) is 3.36. The number of esters is 2. The van der Waals surface area contributed by atoms with Crippen molar-refractivity contribution >= 4 is 29.3 Å².